The number of aromatic nitrogens is 3. The lowest BCUT2D eigenvalue weighted by Crippen LogP contribution is -1.85. The lowest BCUT2D eigenvalue weighted by atomic mass is 10.4. The number of nitrogens with one attached hydrogen (secondary N) is 1. The van der Waals surface area contributed by atoms with Gasteiger partial charge < -0.3 is 9.72 Å². The fourth-order valence-corrected chi connectivity index (χ4v) is 1.27. The van der Waals surface area contributed by atoms with Gasteiger partial charge >= 0.3 is 0 Å². The van der Waals surface area contributed by atoms with E-state index in [-0.39, 0.29) is 6.42 Å². The Labute approximate surface area is 80.4 Å². The number of nitrogens with zero attached hydrogens (tertiary/aromatic N) is 3. The number of pyridine rings is 1. The summed E-state index contributed by atoms with van der Waals surface area (Å²) >= 11 is 0. The molecule has 0 aliphatic carbocycles. The summed E-state index contributed by atoms with van der Waals surface area (Å²) in [6, 6.07) is 2.03. The Hall–Kier alpha value is -2.09. The van der Waals surface area contributed by atoms with Gasteiger partial charge in [0.25, 0.3) is 0 Å². The molecule has 0 aromatic carbocycles. The average molecular weight is 188 g/mol. The number of H-pyrrole nitrogens is 1. The summed E-state index contributed by atoms with van der Waals surface area (Å²) in [6.45, 7) is 0. The highest BCUT2D eigenvalue weighted by Gasteiger charge is 2.07. The molecule has 1 N–H and O–H groups in total. The van der Waals surface area contributed by atoms with Crippen LogP contribution in [0.5, 0.6) is 5.75 Å². The number of hydrogen-bond acceptors (Lipinski definition) is 4. The van der Waals surface area contributed by atoms with Crippen molar-refractivity contribution in [2.45, 2.75) is 6.42 Å². The zero-order chi connectivity index (χ0) is 9.97. The van der Waals surface area contributed by atoms with Crippen molar-refractivity contribution in [3.05, 3.63) is 18.2 Å². The van der Waals surface area contributed by atoms with Crippen LogP contribution in [0.3, 0.4) is 0 Å². The minimum absolute atomic E-state index is 0.262. The van der Waals surface area contributed by atoms with Gasteiger partial charge in [0.2, 0.25) is 0 Å². The third kappa shape index (κ3) is 1.27. The van der Waals surface area contributed by atoms with Crippen molar-refractivity contribution in [2.24, 2.45) is 0 Å². The van der Waals surface area contributed by atoms with Gasteiger partial charge in [0.15, 0.2) is 5.75 Å². The second-order valence-corrected chi connectivity index (χ2v) is 2.76. The van der Waals surface area contributed by atoms with Crippen LogP contribution in [0, 0.1) is 11.3 Å². The van der Waals surface area contributed by atoms with Gasteiger partial charge in [0, 0.05) is 0 Å². The van der Waals surface area contributed by atoms with E-state index in [1.807, 2.05) is 6.07 Å². The summed E-state index contributed by atoms with van der Waals surface area (Å²) in [5, 5.41) is 8.51. The molecule has 0 bridgehead atoms. The summed E-state index contributed by atoms with van der Waals surface area (Å²) in [4.78, 5) is 11.2. The summed E-state index contributed by atoms with van der Waals surface area (Å²) in [6.07, 6.45) is 3.52. The quantitative estimate of drug-likeness (QED) is 0.763. The largest absolute Gasteiger partial charge is 0.493 e. The first-order valence-electron chi connectivity index (χ1n) is 4.08. The standard InChI is InChI=1S/C9H8N4O/c1-14-7-5-11-4-6-9(7)13-8(12-6)2-3-10/h4-5H,2H2,1H3,(H,12,13). The van der Waals surface area contributed by atoms with E-state index in [1.54, 1.807) is 19.5 Å². The average Bonchev–Trinajstić information content (AvgIpc) is 2.60. The van der Waals surface area contributed by atoms with E-state index in [1.165, 1.54) is 0 Å². The highest BCUT2D eigenvalue weighted by Crippen LogP contribution is 2.21. The SMILES string of the molecule is COc1cncc2[nH]c(CC#N)nc12. The highest BCUT2D eigenvalue weighted by atomic mass is 16.5. The molecular weight excluding hydrogens is 180 g/mol. The van der Waals surface area contributed by atoms with Crippen molar-refractivity contribution in [3.8, 4) is 11.8 Å². The lowest BCUT2D eigenvalue weighted by molar-refractivity contribution is 0.417. The van der Waals surface area contributed by atoms with Crippen molar-refractivity contribution in [2.75, 3.05) is 7.11 Å². The summed E-state index contributed by atoms with van der Waals surface area (Å²) in [7, 11) is 1.56. The third-order valence-corrected chi connectivity index (χ3v) is 1.88. The molecule has 0 radical (unpaired) electrons. The number of hydrogen-bond donors (Lipinski definition) is 1. The topological polar surface area (TPSA) is 74.6 Å². The molecule has 2 rings (SSSR count). The van der Waals surface area contributed by atoms with Crippen LogP contribution < -0.4 is 4.74 Å². The lowest BCUT2D eigenvalue weighted by Gasteiger charge is -1.97. The number of fused-ring (bicyclic) bond motifs is 1. The molecule has 70 valence electrons. The summed E-state index contributed by atoms with van der Waals surface area (Å²) < 4.78 is 5.09. The molecule has 0 atom stereocenters. The number of methoxy groups -OCH3 is 1. The molecule has 0 saturated heterocycles. The monoisotopic (exact) mass is 188 g/mol. The zero-order valence-electron chi connectivity index (χ0n) is 7.61. The molecule has 2 aromatic heterocycles. The van der Waals surface area contributed by atoms with E-state index in [0.29, 0.717) is 17.1 Å². The number of rotatable bonds is 2. The van der Waals surface area contributed by atoms with Gasteiger partial charge in [-0.2, -0.15) is 5.26 Å². The van der Waals surface area contributed by atoms with Crippen molar-refractivity contribution < 1.29 is 4.74 Å². The Morgan fingerprint density at radius 3 is 3.14 bits per heavy atom. The van der Waals surface area contributed by atoms with Crippen molar-refractivity contribution in [3.63, 3.8) is 0 Å². The molecule has 0 aliphatic heterocycles. The number of nitriles is 1. The Balaban J connectivity index is 2.59. The van der Waals surface area contributed by atoms with Crippen molar-refractivity contribution in [1.29, 1.82) is 5.26 Å². The van der Waals surface area contributed by atoms with Crippen LogP contribution in [-0.4, -0.2) is 22.1 Å². The Kier molecular flexibility index (Phi) is 2.03. The van der Waals surface area contributed by atoms with Gasteiger partial charge in [-0.15, -0.1) is 0 Å². The van der Waals surface area contributed by atoms with Crippen LogP contribution >= 0.6 is 0 Å². The maximum atomic E-state index is 8.51. The van der Waals surface area contributed by atoms with E-state index >= 15 is 0 Å². The molecular formula is C9H8N4O. The van der Waals surface area contributed by atoms with E-state index < -0.39 is 0 Å². The number of ether oxygens (including phenoxy) is 1. The molecule has 0 spiro atoms. The molecule has 5 heteroatoms. The molecule has 0 aliphatic rings. The van der Waals surface area contributed by atoms with Crippen LogP contribution in [0.25, 0.3) is 11.0 Å². The maximum absolute atomic E-state index is 8.51. The fraction of sp³-hybridized carbons (Fsp3) is 0.222. The van der Waals surface area contributed by atoms with Gasteiger partial charge in [-0.3, -0.25) is 4.98 Å². The van der Waals surface area contributed by atoms with Crippen LogP contribution in [0.2, 0.25) is 0 Å². The molecule has 0 fully saturated rings. The number of aromatic amines is 1. The second-order valence-electron chi connectivity index (χ2n) is 2.76. The minimum atomic E-state index is 0.262. The first-order valence-corrected chi connectivity index (χ1v) is 4.08. The molecule has 2 heterocycles. The molecule has 0 saturated carbocycles. The Bertz CT molecular complexity index is 497. The third-order valence-electron chi connectivity index (χ3n) is 1.88. The predicted molar refractivity (Wildman–Crippen MR) is 49.8 cm³/mol. The first-order chi connectivity index (χ1) is 6.85. The highest BCUT2D eigenvalue weighted by molar-refractivity contribution is 5.80. The molecule has 5 nitrogen and oxygen atoms in total. The van der Waals surface area contributed by atoms with Gasteiger partial charge in [0.05, 0.1) is 37.5 Å². The van der Waals surface area contributed by atoms with Gasteiger partial charge in [-0.1, -0.05) is 0 Å². The van der Waals surface area contributed by atoms with Gasteiger partial charge in [0.1, 0.15) is 11.3 Å². The van der Waals surface area contributed by atoms with Gasteiger partial charge in [-0.25, -0.2) is 4.98 Å². The molecule has 0 amide bonds. The smallest absolute Gasteiger partial charge is 0.164 e. The van der Waals surface area contributed by atoms with Crippen LogP contribution in [0.1, 0.15) is 5.82 Å². The zero-order valence-corrected chi connectivity index (χ0v) is 7.61. The van der Waals surface area contributed by atoms with Crippen LogP contribution in [0.15, 0.2) is 12.4 Å². The minimum Gasteiger partial charge on any atom is -0.493 e. The van der Waals surface area contributed by atoms with E-state index in [4.69, 9.17) is 10.00 Å². The molecule has 14 heavy (non-hydrogen) atoms. The number of imidazole rings is 1. The first kappa shape index (κ1) is 8.51. The summed E-state index contributed by atoms with van der Waals surface area (Å²) in [5.41, 5.74) is 1.50. The predicted octanol–water partition coefficient (Wildman–Crippen LogP) is 1.03. The van der Waals surface area contributed by atoms with Gasteiger partial charge in [-0.05, 0) is 0 Å². The second kappa shape index (κ2) is 3.34. The Morgan fingerprint density at radius 2 is 2.43 bits per heavy atom. The fourth-order valence-electron chi connectivity index (χ4n) is 1.27. The normalized spacial score (nSPS) is 10.0. The van der Waals surface area contributed by atoms with E-state index in [0.717, 1.165) is 5.52 Å². The van der Waals surface area contributed by atoms with Crippen molar-refractivity contribution >= 4 is 11.0 Å². The van der Waals surface area contributed by atoms with E-state index in [2.05, 4.69) is 15.0 Å². The maximum Gasteiger partial charge on any atom is 0.164 e. The van der Waals surface area contributed by atoms with Crippen LogP contribution in [0.4, 0.5) is 0 Å². The Morgan fingerprint density at radius 1 is 1.57 bits per heavy atom. The molecule has 2 aromatic rings. The van der Waals surface area contributed by atoms with Crippen molar-refractivity contribution in [1.82, 2.24) is 15.0 Å². The molecule has 0 unspecified atom stereocenters. The summed E-state index contributed by atoms with van der Waals surface area (Å²) in [5.74, 6) is 1.25. The van der Waals surface area contributed by atoms with Crippen LogP contribution in [-0.2, 0) is 6.42 Å². The van der Waals surface area contributed by atoms with E-state index in [9.17, 15) is 0 Å².